The minimum Gasteiger partial charge on any atom is -0.325 e. The van der Waals surface area contributed by atoms with Crippen LogP contribution in [-0.4, -0.2) is 11.2 Å². The maximum Gasteiger partial charge on any atom is 0.237 e. The van der Waals surface area contributed by atoms with E-state index in [-0.39, 0.29) is 17.0 Å². The van der Waals surface area contributed by atoms with Gasteiger partial charge in [0.2, 0.25) is 5.91 Å². The molecule has 1 amide bonds. The number of hydrogen-bond acceptors (Lipinski definition) is 2. The maximum absolute atomic E-state index is 12.9. The van der Waals surface area contributed by atoms with Crippen molar-refractivity contribution in [2.45, 2.75) is 43.3 Å². The van der Waals surface area contributed by atoms with Crippen LogP contribution in [0.15, 0.2) is 53.4 Å². The van der Waals surface area contributed by atoms with Crippen LogP contribution in [0, 0.1) is 5.82 Å². The zero-order valence-electron chi connectivity index (χ0n) is 13.7. The van der Waals surface area contributed by atoms with Gasteiger partial charge in [-0.3, -0.25) is 4.79 Å². The van der Waals surface area contributed by atoms with Gasteiger partial charge in [0, 0.05) is 10.6 Å². The number of halogens is 1. The number of thioether (sulfide) groups is 1. The number of rotatable bonds is 6. The first kappa shape index (κ1) is 17.5. The topological polar surface area (TPSA) is 29.1 Å². The summed E-state index contributed by atoms with van der Waals surface area (Å²) in [5.74, 6) is 0.0792. The number of nitrogens with one attached hydrogen (secondary N) is 1. The van der Waals surface area contributed by atoms with Gasteiger partial charge in [0.15, 0.2) is 0 Å². The fourth-order valence-corrected chi connectivity index (χ4v) is 3.13. The standard InChI is InChI=1S/C19H22FNOS/c1-4-13(2)17-7-5-6-8-18(17)21-19(22)14(3)23-16-11-9-15(20)10-12-16/h5-14H,4H2,1-3H3,(H,21,22)/t13-,14-/m0/s1. The van der Waals surface area contributed by atoms with Crippen LogP contribution in [0.1, 0.15) is 38.7 Å². The fourth-order valence-electron chi connectivity index (χ4n) is 2.27. The summed E-state index contributed by atoms with van der Waals surface area (Å²) in [6.45, 7) is 6.15. The van der Waals surface area contributed by atoms with Gasteiger partial charge in [-0.2, -0.15) is 0 Å². The zero-order chi connectivity index (χ0) is 16.8. The van der Waals surface area contributed by atoms with E-state index in [1.54, 1.807) is 12.1 Å². The molecule has 0 bridgehead atoms. The van der Waals surface area contributed by atoms with Crippen LogP contribution in [0.4, 0.5) is 10.1 Å². The number of amides is 1. The molecule has 1 N–H and O–H groups in total. The lowest BCUT2D eigenvalue weighted by Crippen LogP contribution is -2.23. The largest absolute Gasteiger partial charge is 0.325 e. The predicted octanol–water partition coefficient (Wildman–Crippen LogP) is 5.46. The molecule has 2 aromatic carbocycles. The summed E-state index contributed by atoms with van der Waals surface area (Å²) < 4.78 is 12.9. The average molecular weight is 331 g/mol. The Morgan fingerprint density at radius 3 is 2.43 bits per heavy atom. The molecule has 0 saturated heterocycles. The van der Waals surface area contributed by atoms with Crippen LogP contribution < -0.4 is 5.32 Å². The summed E-state index contributed by atoms with van der Waals surface area (Å²) >= 11 is 1.42. The van der Waals surface area contributed by atoms with E-state index in [9.17, 15) is 9.18 Å². The molecular weight excluding hydrogens is 309 g/mol. The molecule has 122 valence electrons. The van der Waals surface area contributed by atoms with Gasteiger partial charge >= 0.3 is 0 Å². The molecule has 0 unspecified atom stereocenters. The summed E-state index contributed by atoms with van der Waals surface area (Å²) in [5, 5.41) is 2.76. The van der Waals surface area contributed by atoms with E-state index in [1.165, 1.54) is 23.9 Å². The van der Waals surface area contributed by atoms with Gasteiger partial charge in [-0.15, -0.1) is 11.8 Å². The van der Waals surface area contributed by atoms with Crippen molar-refractivity contribution in [2.24, 2.45) is 0 Å². The second-order valence-corrected chi connectivity index (χ2v) is 7.01. The molecule has 0 aromatic heterocycles. The van der Waals surface area contributed by atoms with Crippen LogP contribution in [0.3, 0.4) is 0 Å². The normalized spacial score (nSPS) is 13.4. The fraction of sp³-hybridized carbons (Fsp3) is 0.316. The number of anilines is 1. The van der Waals surface area contributed by atoms with Crippen molar-refractivity contribution < 1.29 is 9.18 Å². The van der Waals surface area contributed by atoms with Crippen molar-refractivity contribution in [3.63, 3.8) is 0 Å². The summed E-state index contributed by atoms with van der Waals surface area (Å²) in [5.41, 5.74) is 2.03. The third-order valence-electron chi connectivity index (χ3n) is 3.86. The highest BCUT2D eigenvalue weighted by Gasteiger charge is 2.17. The van der Waals surface area contributed by atoms with E-state index in [2.05, 4.69) is 25.2 Å². The summed E-state index contributed by atoms with van der Waals surface area (Å²) in [6.07, 6.45) is 1.02. The Bertz CT molecular complexity index is 657. The minimum atomic E-state index is -0.270. The van der Waals surface area contributed by atoms with Gasteiger partial charge in [0.05, 0.1) is 5.25 Å². The van der Waals surface area contributed by atoms with Crippen molar-refractivity contribution in [3.05, 3.63) is 59.9 Å². The number of carbonyl (C=O) groups excluding carboxylic acids is 1. The average Bonchev–Trinajstić information content (AvgIpc) is 2.56. The predicted molar refractivity (Wildman–Crippen MR) is 95.5 cm³/mol. The lowest BCUT2D eigenvalue weighted by Gasteiger charge is -2.17. The smallest absolute Gasteiger partial charge is 0.237 e. The molecule has 0 fully saturated rings. The molecular formula is C19H22FNOS. The van der Waals surface area contributed by atoms with E-state index in [0.717, 1.165) is 22.6 Å². The molecule has 23 heavy (non-hydrogen) atoms. The van der Waals surface area contributed by atoms with Crippen molar-refractivity contribution in [3.8, 4) is 0 Å². The third kappa shape index (κ3) is 4.83. The van der Waals surface area contributed by atoms with Gasteiger partial charge in [0.1, 0.15) is 5.82 Å². The van der Waals surface area contributed by atoms with E-state index in [0.29, 0.717) is 5.92 Å². The van der Waals surface area contributed by atoms with E-state index >= 15 is 0 Å². The lowest BCUT2D eigenvalue weighted by atomic mass is 9.97. The van der Waals surface area contributed by atoms with E-state index < -0.39 is 0 Å². The molecule has 0 aliphatic carbocycles. The second-order valence-electron chi connectivity index (χ2n) is 5.60. The molecule has 2 nitrogen and oxygen atoms in total. The Hall–Kier alpha value is -1.81. The highest BCUT2D eigenvalue weighted by molar-refractivity contribution is 8.00. The maximum atomic E-state index is 12.9. The zero-order valence-corrected chi connectivity index (χ0v) is 14.5. The van der Waals surface area contributed by atoms with Gasteiger partial charge in [0.25, 0.3) is 0 Å². The highest BCUT2D eigenvalue weighted by Crippen LogP contribution is 2.28. The first-order valence-corrected chi connectivity index (χ1v) is 8.71. The lowest BCUT2D eigenvalue weighted by molar-refractivity contribution is -0.115. The molecule has 0 saturated carbocycles. The van der Waals surface area contributed by atoms with Crippen LogP contribution in [-0.2, 0) is 4.79 Å². The third-order valence-corrected chi connectivity index (χ3v) is 4.97. The van der Waals surface area contributed by atoms with Crippen molar-refractivity contribution in [2.75, 3.05) is 5.32 Å². The van der Waals surface area contributed by atoms with Gasteiger partial charge in [-0.25, -0.2) is 4.39 Å². The van der Waals surface area contributed by atoms with Gasteiger partial charge in [-0.1, -0.05) is 32.0 Å². The van der Waals surface area contributed by atoms with E-state index in [1.807, 2.05) is 25.1 Å². The molecule has 2 aromatic rings. The van der Waals surface area contributed by atoms with Crippen LogP contribution in [0.2, 0.25) is 0 Å². The molecule has 4 heteroatoms. The molecule has 0 spiro atoms. The van der Waals surface area contributed by atoms with Crippen LogP contribution >= 0.6 is 11.8 Å². The SMILES string of the molecule is CC[C@H](C)c1ccccc1NC(=O)[C@H](C)Sc1ccc(F)cc1. The molecule has 0 aliphatic heterocycles. The van der Waals surface area contributed by atoms with Crippen LogP contribution in [0.5, 0.6) is 0 Å². The summed E-state index contributed by atoms with van der Waals surface area (Å²) in [4.78, 5) is 13.3. The molecule has 0 aliphatic rings. The molecule has 0 heterocycles. The Kier molecular flexibility index (Phi) is 6.22. The van der Waals surface area contributed by atoms with Gasteiger partial charge < -0.3 is 5.32 Å². The Morgan fingerprint density at radius 2 is 1.78 bits per heavy atom. The molecule has 2 rings (SSSR count). The Balaban J connectivity index is 2.05. The number of carbonyl (C=O) groups is 1. The van der Waals surface area contributed by atoms with Crippen molar-refractivity contribution in [1.82, 2.24) is 0 Å². The van der Waals surface area contributed by atoms with Crippen LogP contribution in [0.25, 0.3) is 0 Å². The first-order chi connectivity index (χ1) is 11.0. The Morgan fingerprint density at radius 1 is 1.13 bits per heavy atom. The second kappa shape index (κ2) is 8.16. The summed E-state index contributed by atoms with van der Waals surface area (Å²) in [6, 6.07) is 14.1. The van der Waals surface area contributed by atoms with E-state index in [4.69, 9.17) is 0 Å². The Labute approximate surface area is 141 Å². The number of para-hydroxylation sites is 1. The summed E-state index contributed by atoms with van der Waals surface area (Å²) in [7, 11) is 0. The van der Waals surface area contributed by atoms with Crippen molar-refractivity contribution in [1.29, 1.82) is 0 Å². The van der Waals surface area contributed by atoms with Crippen molar-refractivity contribution >= 4 is 23.4 Å². The highest BCUT2D eigenvalue weighted by atomic mass is 32.2. The minimum absolute atomic E-state index is 0.0462. The number of benzene rings is 2. The monoisotopic (exact) mass is 331 g/mol. The number of hydrogen-bond donors (Lipinski definition) is 1. The molecule has 0 radical (unpaired) electrons. The quantitative estimate of drug-likeness (QED) is 0.712. The van der Waals surface area contributed by atoms with Gasteiger partial charge in [-0.05, 0) is 55.2 Å². The molecule has 2 atom stereocenters. The first-order valence-electron chi connectivity index (χ1n) is 7.83.